The zero-order chi connectivity index (χ0) is 20.0. The minimum absolute atomic E-state index is 0.000122. The molecule has 0 spiro atoms. The summed E-state index contributed by atoms with van der Waals surface area (Å²) in [6.45, 7) is 1.37. The summed E-state index contributed by atoms with van der Waals surface area (Å²) < 4.78 is 31.6. The molecule has 27 heavy (non-hydrogen) atoms. The van der Waals surface area contributed by atoms with Crippen LogP contribution in [-0.4, -0.2) is 45.5 Å². The van der Waals surface area contributed by atoms with E-state index in [1.165, 1.54) is 26.4 Å². The molecule has 1 N–H and O–H groups in total. The van der Waals surface area contributed by atoms with Crippen LogP contribution >= 0.6 is 11.6 Å². The summed E-state index contributed by atoms with van der Waals surface area (Å²) in [5, 5.41) is 4.29. The number of rotatable bonds is 7. The lowest BCUT2D eigenvalue weighted by Gasteiger charge is -2.18. The second kappa shape index (κ2) is 8.98. The number of benzene rings is 2. The van der Waals surface area contributed by atoms with Crippen LogP contribution in [-0.2, 0) is 14.8 Å². The SMILES string of the molecule is COc1ccc(C)cc1S(=O)(=O)N(C)CC(=O)N/N=C\c1ccccc1Cl. The van der Waals surface area contributed by atoms with Gasteiger partial charge in [-0.1, -0.05) is 35.9 Å². The minimum atomic E-state index is -3.91. The van der Waals surface area contributed by atoms with E-state index in [-0.39, 0.29) is 10.6 Å². The van der Waals surface area contributed by atoms with Crippen LogP contribution in [0.5, 0.6) is 5.75 Å². The number of methoxy groups -OCH3 is 1. The first-order valence-corrected chi connectivity index (χ1v) is 9.75. The second-order valence-electron chi connectivity index (χ2n) is 5.73. The zero-order valence-electron chi connectivity index (χ0n) is 15.1. The van der Waals surface area contributed by atoms with Gasteiger partial charge in [0.05, 0.1) is 19.9 Å². The molecule has 0 aliphatic heterocycles. The number of likely N-dealkylation sites (N-methyl/N-ethyl adjacent to an activating group) is 1. The molecule has 0 aliphatic rings. The van der Waals surface area contributed by atoms with Crippen molar-refractivity contribution < 1.29 is 17.9 Å². The number of amides is 1. The van der Waals surface area contributed by atoms with Crippen LogP contribution < -0.4 is 10.2 Å². The number of sulfonamides is 1. The summed E-state index contributed by atoms with van der Waals surface area (Å²) in [5.74, 6) is -0.374. The number of hydrazone groups is 1. The van der Waals surface area contributed by atoms with Crippen molar-refractivity contribution in [3.05, 3.63) is 58.6 Å². The lowest BCUT2D eigenvalue weighted by molar-refractivity contribution is -0.121. The molecule has 0 unspecified atom stereocenters. The fraction of sp³-hybridized carbons (Fsp3) is 0.222. The molecular formula is C18H20ClN3O4S. The zero-order valence-corrected chi connectivity index (χ0v) is 16.7. The van der Waals surface area contributed by atoms with E-state index in [1.807, 2.05) is 0 Å². The van der Waals surface area contributed by atoms with Crippen molar-refractivity contribution in [3.63, 3.8) is 0 Å². The Balaban J connectivity index is 2.07. The Morgan fingerprint density at radius 2 is 2.00 bits per heavy atom. The van der Waals surface area contributed by atoms with E-state index in [0.717, 1.165) is 9.87 Å². The van der Waals surface area contributed by atoms with Crippen LogP contribution in [0.15, 0.2) is 52.5 Å². The molecule has 2 aromatic carbocycles. The smallest absolute Gasteiger partial charge is 0.255 e. The van der Waals surface area contributed by atoms with Crippen molar-refractivity contribution in [1.29, 1.82) is 0 Å². The summed E-state index contributed by atoms with van der Waals surface area (Å²) in [4.78, 5) is 12.0. The molecule has 0 saturated carbocycles. The van der Waals surface area contributed by atoms with Crippen molar-refractivity contribution in [2.24, 2.45) is 5.10 Å². The molecule has 0 heterocycles. The van der Waals surface area contributed by atoms with Crippen molar-refractivity contribution >= 4 is 33.7 Å². The molecule has 0 radical (unpaired) electrons. The fourth-order valence-electron chi connectivity index (χ4n) is 2.23. The first kappa shape index (κ1) is 20.9. The van der Waals surface area contributed by atoms with Crippen molar-refractivity contribution in [3.8, 4) is 5.75 Å². The molecule has 1 amide bonds. The highest BCUT2D eigenvalue weighted by Crippen LogP contribution is 2.27. The van der Waals surface area contributed by atoms with Gasteiger partial charge in [0.25, 0.3) is 5.91 Å². The van der Waals surface area contributed by atoms with Gasteiger partial charge >= 0.3 is 0 Å². The highest BCUT2D eigenvalue weighted by atomic mass is 35.5. The first-order valence-electron chi connectivity index (χ1n) is 7.93. The van der Waals surface area contributed by atoms with E-state index in [0.29, 0.717) is 10.6 Å². The van der Waals surface area contributed by atoms with E-state index in [2.05, 4.69) is 10.5 Å². The van der Waals surface area contributed by atoms with E-state index in [9.17, 15) is 13.2 Å². The molecule has 144 valence electrons. The number of carbonyl (C=O) groups is 1. The molecule has 2 aromatic rings. The van der Waals surface area contributed by atoms with Crippen LogP contribution in [0.2, 0.25) is 5.02 Å². The van der Waals surface area contributed by atoms with Gasteiger partial charge < -0.3 is 4.74 Å². The van der Waals surface area contributed by atoms with Gasteiger partial charge in [0, 0.05) is 17.6 Å². The highest BCUT2D eigenvalue weighted by Gasteiger charge is 2.26. The predicted molar refractivity (Wildman–Crippen MR) is 105 cm³/mol. The Hall–Kier alpha value is -2.42. The third-order valence-corrected chi connectivity index (χ3v) is 5.84. The van der Waals surface area contributed by atoms with E-state index < -0.39 is 22.5 Å². The molecule has 9 heteroatoms. The maximum absolute atomic E-state index is 12.7. The number of hydrogen-bond acceptors (Lipinski definition) is 5. The molecule has 0 atom stereocenters. The molecule has 0 aromatic heterocycles. The highest BCUT2D eigenvalue weighted by molar-refractivity contribution is 7.89. The maximum atomic E-state index is 12.7. The molecule has 0 bridgehead atoms. The Morgan fingerprint density at radius 3 is 2.67 bits per heavy atom. The number of ether oxygens (including phenoxy) is 1. The Bertz CT molecular complexity index is 961. The third kappa shape index (κ3) is 5.29. The summed E-state index contributed by atoms with van der Waals surface area (Å²) >= 11 is 5.99. The van der Waals surface area contributed by atoms with Gasteiger partial charge in [0.15, 0.2) is 0 Å². The standard InChI is InChI=1S/C18H20ClN3O4S/c1-13-8-9-16(26-3)17(10-13)27(24,25)22(2)12-18(23)21-20-11-14-6-4-5-7-15(14)19/h4-11H,12H2,1-3H3,(H,21,23)/b20-11-. The van der Waals surface area contributed by atoms with Crippen LogP contribution in [0.4, 0.5) is 0 Å². The van der Waals surface area contributed by atoms with Gasteiger partial charge in [0.2, 0.25) is 10.0 Å². The average Bonchev–Trinajstić information content (AvgIpc) is 2.63. The summed E-state index contributed by atoms with van der Waals surface area (Å²) in [6, 6.07) is 11.8. The monoisotopic (exact) mass is 409 g/mol. The second-order valence-corrected chi connectivity index (χ2v) is 8.15. The van der Waals surface area contributed by atoms with Crippen molar-refractivity contribution in [2.75, 3.05) is 20.7 Å². The average molecular weight is 410 g/mol. The number of nitrogens with one attached hydrogen (secondary N) is 1. The summed E-state index contributed by atoms with van der Waals surface area (Å²) in [5.41, 5.74) is 3.68. The minimum Gasteiger partial charge on any atom is -0.495 e. The van der Waals surface area contributed by atoms with Crippen molar-refractivity contribution in [2.45, 2.75) is 11.8 Å². The summed E-state index contributed by atoms with van der Waals surface area (Å²) in [6.07, 6.45) is 1.39. The number of hydrogen-bond donors (Lipinski definition) is 1. The number of nitrogens with zero attached hydrogens (tertiary/aromatic N) is 2. The normalized spacial score (nSPS) is 11.7. The quantitative estimate of drug-likeness (QED) is 0.562. The first-order chi connectivity index (χ1) is 12.8. The van der Waals surface area contributed by atoms with Gasteiger partial charge in [-0.25, -0.2) is 13.8 Å². The van der Waals surface area contributed by atoms with Gasteiger partial charge in [-0.2, -0.15) is 9.41 Å². The van der Waals surface area contributed by atoms with Gasteiger partial charge in [-0.3, -0.25) is 4.79 Å². The van der Waals surface area contributed by atoms with Crippen LogP contribution in [0, 0.1) is 6.92 Å². The largest absolute Gasteiger partial charge is 0.495 e. The topological polar surface area (TPSA) is 88.1 Å². The molecule has 0 saturated heterocycles. The summed E-state index contributed by atoms with van der Waals surface area (Å²) in [7, 11) is -1.21. The van der Waals surface area contributed by atoms with Crippen LogP contribution in [0.3, 0.4) is 0 Å². The molecule has 7 nitrogen and oxygen atoms in total. The maximum Gasteiger partial charge on any atom is 0.255 e. The molecule has 0 fully saturated rings. The van der Waals surface area contributed by atoms with Crippen LogP contribution in [0.25, 0.3) is 0 Å². The van der Waals surface area contributed by atoms with E-state index in [1.54, 1.807) is 43.3 Å². The number of carbonyl (C=O) groups excluding carboxylic acids is 1. The lowest BCUT2D eigenvalue weighted by atomic mass is 10.2. The Morgan fingerprint density at radius 1 is 1.30 bits per heavy atom. The van der Waals surface area contributed by atoms with Gasteiger partial charge in [-0.05, 0) is 30.7 Å². The molecule has 0 aliphatic carbocycles. The predicted octanol–water partition coefficient (Wildman–Crippen LogP) is 2.43. The number of halogens is 1. The molecule has 2 rings (SSSR count). The van der Waals surface area contributed by atoms with Crippen LogP contribution in [0.1, 0.15) is 11.1 Å². The van der Waals surface area contributed by atoms with Gasteiger partial charge in [0.1, 0.15) is 10.6 Å². The molecular weight excluding hydrogens is 390 g/mol. The van der Waals surface area contributed by atoms with E-state index in [4.69, 9.17) is 16.3 Å². The number of aryl methyl sites for hydroxylation is 1. The lowest BCUT2D eigenvalue weighted by Crippen LogP contribution is -2.36. The fourth-order valence-corrected chi connectivity index (χ4v) is 3.78. The van der Waals surface area contributed by atoms with E-state index >= 15 is 0 Å². The Kier molecular flexibility index (Phi) is 6.95. The Labute approximate surface area is 163 Å². The van der Waals surface area contributed by atoms with Gasteiger partial charge in [-0.15, -0.1) is 0 Å². The van der Waals surface area contributed by atoms with Crippen molar-refractivity contribution in [1.82, 2.24) is 9.73 Å². The third-order valence-electron chi connectivity index (χ3n) is 3.67.